The van der Waals surface area contributed by atoms with Crippen molar-refractivity contribution in [3.63, 3.8) is 0 Å². The molecule has 0 saturated heterocycles. The summed E-state index contributed by atoms with van der Waals surface area (Å²) in [5.74, 6) is -0.286. The fraction of sp³-hybridized carbons (Fsp3) is 0.100. The first-order valence-corrected chi connectivity index (χ1v) is 8.84. The number of aromatic nitrogens is 2. The molecule has 0 aliphatic carbocycles. The molecule has 0 saturated carbocycles. The third-order valence-corrected chi connectivity index (χ3v) is 3.84. The second-order valence-corrected chi connectivity index (χ2v) is 6.51. The van der Waals surface area contributed by atoms with Crippen molar-refractivity contribution < 1.29 is 9.59 Å². The smallest absolute Gasteiger partial charge is 0.274 e. The molecule has 8 heteroatoms. The lowest BCUT2D eigenvalue weighted by Gasteiger charge is -2.10. The molecule has 2 amide bonds. The molecule has 1 heterocycles. The Labute approximate surface area is 167 Å². The van der Waals surface area contributed by atoms with Gasteiger partial charge in [0.25, 0.3) is 5.91 Å². The van der Waals surface area contributed by atoms with Crippen molar-refractivity contribution in [2.75, 3.05) is 16.0 Å². The predicted octanol–water partition coefficient (Wildman–Crippen LogP) is 4.39. The van der Waals surface area contributed by atoms with Gasteiger partial charge in [0.1, 0.15) is 5.69 Å². The van der Waals surface area contributed by atoms with E-state index in [0.717, 1.165) is 0 Å². The summed E-state index contributed by atoms with van der Waals surface area (Å²) >= 11 is 5.99. The summed E-state index contributed by atoms with van der Waals surface area (Å²) in [5, 5.41) is 9.06. The first-order valence-electron chi connectivity index (χ1n) is 8.46. The quantitative estimate of drug-likeness (QED) is 0.595. The van der Waals surface area contributed by atoms with Gasteiger partial charge in [-0.1, -0.05) is 23.7 Å². The Hall–Kier alpha value is -3.45. The van der Waals surface area contributed by atoms with Gasteiger partial charge in [0.05, 0.1) is 0 Å². The molecule has 0 spiro atoms. The van der Waals surface area contributed by atoms with Crippen LogP contribution in [0.25, 0.3) is 0 Å². The molecular formula is C20H18ClN5O2. The van der Waals surface area contributed by atoms with E-state index in [1.54, 1.807) is 55.5 Å². The SMILES string of the molecule is CC(=O)Nc1cccc(NC(=O)c2cc(C)nc(Nc3cccc(Cl)c3)n2)c1. The number of benzene rings is 2. The van der Waals surface area contributed by atoms with Crippen molar-refractivity contribution in [2.45, 2.75) is 13.8 Å². The molecule has 3 rings (SSSR count). The summed E-state index contributed by atoms with van der Waals surface area (Å²) in [6.07, 6.45) is 0. The second kappa shape index (κ2) is 8.49. The van der Waals surface area contributed by atoms with E-state index in [4.69, 9.17) is 11.6 Å². The van der Waals surface area contributed by atoms with Gasteiger partial charge >= 0.3 is 0 Å². The Morgan fingerprint density at radius 1 is 0.893 bits per heavy atom. The molecule has 142 valence electrons. The second-order valence-electron chi connectivity index (χ2n) is 6.07. The number of carbonyl (C=O) groups is 2. The number of halogens is 1. The van der Waals surface area contributed by atoms with E-state index in [9.17, 15) is 9.59 Å². The van der Waals surface area contributed by atoms with Crippen LogP contribution in [0.2, 0.25) is 5.02 Å². The third kappa shape index (κ3) is 5.28. The van der Waals surface area contributed by atoms with Crippen molar-refractivity contribution >= 4 is 46.4 Å². The van der Waals surface area contributed by atoms with Crippen molar-refractivity contribution in [2.24, 2.45) is 0 Å². The number of amides is 2. The molecular weight excluding hydrogens is 378 g/mol. The van der Waals surface area contributed by atoms with Crippen LogP contribution in [0.1, 0.15) is 23.1 Å². The first kappa shape index (κ1) is 19.3. The lowest BCUT2D eigenvalue weighted by Crippen LogP contribution is -2.16. The van der Waals surface area contributed by atoms with Crippen LogP contribution in [0.3, 0.4) is 0 Å². The van der Waals surface area contributed by atoms with Crippen molar-refractivity contribution in [1.82, 2.24) is 9.97 Å². The van der Waals surface area contributed by atoms with E-state index in [-0.39, 0.29) is 17.5 Å². The minimum Gasteiger partial charge on any atom is -0.326 e. The van der Waals surface area contributed by atoms with Crippen LogP contribution in [0.15, 0.2) is 54.6 Å². The lowest BCUT2D eigenvalue weighted by atomic mass is 10.2. The van der Waals surface area contributed by atoms with Crippen molar-refractivity contribution in [1.29, 1.82) is 0 Å². The zero-order chi connectivity index (χ0) is 20.1. The maximum atomic E-state index is 12.6. The fourth-order valence-electron chi connectivity index (χ4n) is 2.51. The highest BCUT2D eigenvalue weighted by atomic mass is 35.5. The van der Waals surface area contributed by atoms with Crippen LogP contribution in [-0.2, 0) is 4.79 Å². The number of aryl methyl sites for hydroxylation is 1. The first-order chi connectivity index (χ1) is 13.4. The van der Waals surface area contributed by atoms with Crippen LogP contribution in [0.5, 0.6) is 0 Å². The van der Waals surface area contributed by atoms with Crippen LogP contribution in [0, 0.1) is 6.92 Å². The standard InChI is InChI=1S/C20H18ClN5O2/c1-12-9-18(26-20(22-12)25-15-6-3-5-14(21)10-15)19(28)24-17-8-4-7-16(11-17)23-13(2)27/h3-11H,1-2H3,(H,23,27)(H,24,28)(H,22,25,26). The predicted molar refractivity (Wildman–Crippen MR) is 110 cm³/mol. The average Bonchev–Trinajstić information content (AvgIpc) is 2.61. The Morgan fingerprint density at radius 3 is 2.29 bits per heavy atom. The molecule has 2 aromatic carbocycles. The maximum absolute atomic E-state index is 12.6. The summed E-state index contributed by atoms with van der Waals surface area (Å²) < 4.78 is 0. The molecule has 0 fully saturated rings. The summed E-state index contributed by atoms with van der Waals surface area (Å²) in [4.78, 5) is 32.4. The summed E-state index contributed by atoms with van der Waals surface area (Å²) in [6, 6.07) is 15.6. The van der Waals surface area contributed by atoms with Crippen molar-refractivity contribution in [3.05, 3.63) is 71.0 Å². The normalized spacial score (nSPS) is 10.2. The molecule has 7 nitrogen and oxygen atoms in total. The minimum atomic E-state index is -0.389. The summed E-state index contributed by atoms with van der Waals surface area (Å²) in [6.45, 7) is 3.20. The zero-order valence-corrected chi connectivity index (χ0v) is 16.0. The van der Waals surface area contributed by atoms with E-state index < -0.39 is 0 Å². The molecule has 0 aliphatic rings. The Balaban J connectivity index is 1.78. The Bertz CT molecular complexity index is 1040. The van der Waals surface area contributed by atoms with Gasteiger partial charge in [0, 0.05) is 34.7 Å². The van der Waals surface area contributed by atoms with Crippen LogP contribution >= 0.6 is 11.6 Å². The van der Waals surface area contributed by atoms with Gasteiger partial charge in [-0.3, -0.25) is 9.59 Å². The number of hydrogen-bond acceptors (Lipinski definition) is 5. The number of nitrogens with zero attached hydrogens (tertiary/aromatic N) is 2. The van der Waals surface area contributed by atoms with Gasteiger partial charge in [0.2, 0.25) is 11.9 Å². The van der Waals surface area contributed by atoms with Gasteiger partial charge in [-0.25, -0.2) is 9.97 Å². The third-order valence-electron chi connectivity index (χ3n) is 3.61. The zero-order valence-electron chi connectivity index (χ0n) is 15.3. The van der Waals surface area contributed by atoms with Crippen LogP contribution in [-0.4, -0.2) is 21.8 Å². The maximum Gasteiger partial charge on any atom is 0.274 e. The lowest BCUT2D eigenvalue weighted by molar-refractivity contribution is -0.114. The van der Waals surface area contributed by atoms with Gasteiger partial charge in [-0.05, 0) is 49.4 Å². The molecule has 1 aromatic heterocycles. The van der Waals surface area contributed by atoms with Gasteiger partial charge < -0.3 is 16.0 Å². The molecule has 0 radical (unpaired) electrons. The molecule has 0 aliphatic heterocycles. The van der Waals surface area contributed by atoms with E-state index in [0.29, 0.717) is 33.7 Å². The Kier molecular flexibility index (Phi) is 5.86. The topological polar surface area (TPSA) is 96.0 Å². The van der Waals surface area contributed by atoms with Gasteiger partial charge in [0.15, 0.2) is 0 Å². The molecule has 0 unspecified atom stereocenters. The highest BCUT2D eigenvalue weighted by molar-refractivity contribution is 6.30. The van der Waals surface area contributed by atoms with Gasteiger partial charge in [-0.15, -0.1) is 0 Å². The highest BCUT2D eigenvalue weighted by Gasteiger charge is 2.12. The van der Waals surface area contributed by atoms with Gasteiger partial charge in [-0.2, -0.15) is 0 Å². The van der Waals surface area contributed by atoms with E-state index >= 15 is 0 Å². The minimum absolute atomic E-state index is 0.188. The number of nitrogens with one attached hydrogen (secondary N) is 3. The summed E-state index contributed by atoms with van der Waals surface area (Å²) in [7, 11) is 0. The molecule has 0 atom stereocenters. The average molecular weight is 396 g/mol. The number of carbonyl (C=O) groups excluding carboxylic acids is 2. The van der Waals surface area contributed by atoms with Crippen LogP contribution in [0.4, 0.5) is 23.0 Å². The van der Waals surface area contributed by atoms with E-state index in [1.807, 2.05) is 6.07 Å². The fourth-order valence-corrected chi connectivity index (χ4v) is 2.70. The number of hydrogen-bond donors (Lipinski definition) is 3. The van der Waals surface area contributed by atoms with E-state index in [2.05, 4.69) is 25.9 Å². The molecule has 28 heavy (non-hydrogen) atoms. The van der Waals surface area contributed by atoms with E-state index in [1.165, 1.54) is 6.92 Å². The number of anilines is 4. The highest BCUT2D eigenvalue weighted by Crippen LogP contribution is 2.19. The molecule has 3 aromatic rings. The van der Waals surface area contributed by atoms with Crippen molar-refractivity contribution in [3.8, 4) is 0 Å². The molecule has 0 bridgehead atoms. The largest absolute Gasteiger partial charge is 0.326 e. The molecule has 3 N–H and O–H groups in total. The summed E-state index contributed by atoms with van der Waals surface area (Å²) in [5.41, 5.74) is 2.69. The monoisotopic (exact) mass is 395 g/mol. The van der Waals surface area contributed by atoms with Crippen LogP contribution < -0.4 is 16.0 Å². The Morgan fingerprint density at radius 2 is 1.57 bits per heavy atom. The number of rotatable bonds is 5.